The topological polar surface area (TPSA) is 64.7 Å². The first-order valence-corrected chi connectivity index (χ1v) is 10.4. The van der Waals surface area contributed by atoms with E-state index in [4.69, 9.17) is 4.52 Å². The molecule has 0 saturated heterocycles. The summed E-state index contributed by atoms with van der Waals surface area (Å²) in [6, 6.07) is 16.2. The smallest absolute Gasteiger partial charge is 0.338 e. The van der Waals surface area contributed by atoms with E-state index in [-0.39, 0.29) is 17.3 Å². The molecule has 0 aliphatic rings. The molecule has 2 aromatic heterocycles. The summed E-state index contributed by atoms with van der Waals surface area (Å²) in [6.07, 6.45) is -4.43. The van der Waals surface area contributed by atoms with Crippen molar-refractivity contribution in [3.05, 3.63) is 76.6 Å². The number of aromatic nitrogens is 4. The number of benzene rings is 2. The van der Waals surface area contributed by atoms with Crippen LogP contribution in [0.3, 0.4) is 0 Å². The maximum atomic E-state index is 12.9. The molecule has 0 bridgehead atoms. The van der Waals surface area contributed by atoms with Crippen LogP contribution in [0.1, 0.15) is 11.5 Å². The molecule has 4 rings (SSSR count). The van der Waals surface area contributed by atoms with Gasteiger partial charge >= 0.3 is 6.18 Å². The summed E-state index contributed by atoms with van der Waals surface area (Å²) in [7, 11) is 0. The molecule has 2 aromatic carbocycles. The summed E-state index contributed by atoms with van der Waals surface area (Å²) in [5, 5.41) is 12.8. The van der Waals surface area contributed by atoms with Gasteiger partial charge in [-0.2, -0.15) is 18.2 Å². The van der Waals surface area contributed by atoms with Crippen molar-refractivity contribution in [2.45, 2.75) is 17.0 Å². The molecule has 0 saturated carbocycles. The molecule has 2 heterocycles. The second kappa shape index (κ2) is 8.57. The van der Waals surface area contributed by atoms with Gasteiger partial charge in [-0.1, -0.05) is 57.1 Å². The van der Waals surface area contributed by atoms with E-state index in [0.29, 0.717) is 10.8 Å². The normalized spacial score (nSPS) is 11.6. The summed E-state index contributed by atoms with van der Waals surface area (Å²) in [6.45, 7) is 0. The lowest BCUT2D eigenvalue weighted by Gasteiger charge is -2.06. The van der Waals surface area contributed by atoms with Gasteiger partial charge in [0.1, 0.15) is 5.03 Å². The molecule has 0 N–H and O–H groups in total. The van der Waals surface area contributed by atoms with Crippen LogP contribution in [0.4, 0.5) is 13.2 Å². The molecule has 5 nitrogen and oxygen atoms in total. The quantitative estimate of drug-likeness (QED) is 0.306. The Kier molecular flexibility index (Phi) is 5.87. The first-order chi connectivity index (χ1) is 14.4. The van der Waals surface area contributed by atoms with Gasteiger partial charge in [0.2, 0.25) is 11.7 Å². The average molecular weight is 493 g/mol. The maximum absolute atomic E-state index is 12.9. The van der Waals surface area contributed by atoms with E-state index in [1.165, 1.54) is 23.9 Å². The number of hydrogen-bond donors (Lipinski definition) is 0. The van der Waals surface area contributed by atoms with Gasteiger partial charge in [-0.15, -0.1) is 10.2 Å². The highest BCUT2D eigenvalue weighted by Crippen LogP contribution is 2.32. The van der Waals surface area contributed by atoms with Gasteiger partial charge in [-0.3, -0.25) is 0 Å². The number of nitrogens with zero attached hydrogens (tertiary/aromatic N) is 4. The molecule has 0 radical (unpaired) electrons. The molecule has 0 atom stereocenters. The molecular formula is C20H12BrF3N4OS. The zero-order valence-electron chi connectivity index (χ0n) is 15.1. The third-order valence-corrected chi connectivity index (χ3v) is 5.47. The molecule has 4 aromatic rings. The minimum absolute atomic E-state index is 0.105. The van der Waals surface area contributed by atoms with Gasteiger partial charge in [-0.05, 0) is 36.4 Å². The van der Waals surface area contributed by atoms with Gasteiger partial charge in [0, 0.05) is 15.6 Å². The molecule has 30 heavy (non-hydrogen) atoms. The standard InChI is InChI=1S/C20H12BrF3N4OS/c21-15-6-4-12(5-7-15)16-8-9-18(27-26-16)30-11-17-25-19(28-29-17)13-2-1-3-14(10-13)20(22,23)24/h1-10H,11H2. The van der Waals surface area contributed by atoms with Crippen molar-refractivity contribution in [1.29, 1.82) is 0 Å². The number of thioether (sulfide) groups is 1. The highest BCUT2D eigenvalue weighted by molar-refractivity contribution is 9.10. The van der Waals surface area contributed by atoms with Crippen LogP contribution < -0.4 is 0 Å². The number of halogens is 4. The van der Waals surface area contributed by atoms with Crippen LogP contribution in [-0.2, 0) is 11.9 Å². The molecular weight excluding hydrogens is 481 g/mol. The predicted molar refractivity (Wildman–Crippen MR) is 109 cm³/mol. The Hall–Kier alpha value is -2.72. The second-order valence-corrected chi connectivity index (χ2v) is 8.05. The molecule has 0 unspecified atom stereocenters. The first-order valence-electron chi connectivity index (χ1n) is 8.61. The highest BCUT2D eigenvalue weighted by atomic mass is 79.9. The van der Waals surface area contributed by atoms with Gasteiger partial charge in [0.15, 0.2) is 0 Å². The van der Waals surface area contributed by atoms with E-state index in [0.717, 1.165) is 27.9 Å². The van der Waals surface area contributed by atoms with Crippen molar-refractivity contribution >= 4 is 27.7 Å². The van der Waals surface area contributed by atoms with Crippen LogP contribution in [0.2, 0.25) is 0 Å². The van der Waals surface area contributed by atoms with Crippen LogP contribution in [0.15, 0.2) is 74.7 Å². The molecule has 0 amide bonds. The number of alkyl halides is 3. The zero-order chi connectivity index (χ0) is 21.1. The summed E-state index contributed by atoms with van der Waals surface area (Å²) in [5.74, 6) is 0.706. The lowest BCUT2D eigenvalue weighted by atomic mass is 10.1. The van der Waals surface area contributed by atoms with Crippen LogP contribution in [0, 0.1) is 0 Å². The van der Waals surface area contributed by atoms with Gasteiger partial charge in [-0.25, -0.2) is 0 Å². The van der Waals surface area contributed by atoms with Crippen molar-refractivity contribution in [3.63, 3.8) is 0 Å². The molecule has 0 spiro atoms. The van der Waals surface area contributed by atoms with Crippen molar-refractivity contribution in [2.24, 2.45) is 0 Å². The van der Waals surface area contributed by atoms with Crippen molar-refractivity contribution < 1.29 is 17.7 Å². The Labute approximate surface area is 181 Å². The fourth-order valence-electron chi connectivity index (χ4n) is 2.57. The molecule has 0 fully saturated rings. The van der Waals surface area contributed by atoms with Crippen LogP contribution in [-0.4, -0.2) is 20.3 Å². The Morgan fingerprint density at radius 2 is 1.73 bits per heavy atom. The van der Waals surface area contributed by atoms with E-state index in [1.54, 1.807) is 0 Å². The van der Waals surface area contributed by atoms with Gasteiger partial charge < -0.3 is 4.52 Å². The average Bonchev–Trinajstić information content (AvgIpc) is 3.22. The lowest BCUT2D eigenvalue weighted by Crippen LogP contribution is -2.04. The third kappa shape index (κ3) is 4.88. The highest BCUT2D eigenvalue weighted by Gasteiger charge is 2.30. The molecule has 0 aliphatic heterocycles. The van der Waals surface area contributed by atoms with E-state index in [1.807, 2.05) is 36.4 Å². The van der Waals surface area contributed by atoms with Gasteiger partial charge in [0.25, 0.3) is 0 Å². The monoisotopic (exact) mass is 492 g/mol. The number of rotatable bonds is 5. The predicted octanol–water partition coefficient (Wildman–Crippen LogP) is 6.27. The Morgan fingerprint density at radius 1 is 0.933 bits per heavy atom. The summed E-state index contributed by atoms with van der Waals surface area (Å²) < 4.78 is 44.7. The van der Waals surface area contributed by atoms with Crippen molar-refractivity contribution in [3.8, 4) is 22.6 Å². The third-order valence-electron chi connectivity index (χ3n) is 4.04. The van der Waals surface area contributed by atoms with Gasteiger partial charge in [0.05, 0.1) is 17.0 Å². The van der Waals surface area contributed by atoms with Crippen LogP contribution in [0.25, 0.3) is 22.6 Å². The zero-order valence-corrected chi connectivity index (χ0v) is 17.5. The molecule has 0 aliphatic carbocycles. The molecule has 152 valence electrons. The Morgan fingerprint density at radius 3 is 2.43 bits per heavy atom. The summed E-state index contributed by atoms with van der Waals surface area (Å²) in [5.41, 5.74) is 1.17. The Balaban J connectivity index is 1.42. The van der Waals surface area contributed by atoms with Crippen molar-refractivity contribution in [2.75, 3.05) is 0 Å². The SMILES string of the molecule is FC(F)(F)c1cccc(-c2noc(CSc3ccc(-c4ccc(Br)cc4)nn3)n2)c1. The van der Waals surface area contributed by atoms with E-state index in [2.05, 4.69) is 36.3 Å². The minimum atomic E-state index is -4.43. The lowest BCUT2D eigenvalue weighted by molar-refractivity contribution is -0.137. The van der Waals surface area contributed by atoms with Crippen molar-refractivity contribution in [1.82, 2.24) is 20.3 Å². The van der Waals surface area contributed by atoms with Crippen LogP contribution in [0.5, 0.6) is 0 Å². The fourth-order valence-corrected chi connectivity index (χ4v) is 3.49. The maximum Gasteiger partial charge on any atom is 0.416 e. The second-order valence-electron chi connectivity index (χ2n) is 6.14. The minimum Gasteiger partial charge on any atom is -0.338 e. The summed E-state index contributed by atoms with van der Waals surface area (Å²) in [4.78, 5) is 4.17. The first kappa shape index (κ1) is 20.5. The van der Waals surface area contributed by atoms with Crippen LogP contribution >= 0.6 is 27.7 Å². The summed E-state index contributed by atoms with van der Waals surface area (Å²) >= 11 is 4.73. The molecule has 10 heteroatoms. The number of hydrogen-bond acceptors (Lipinski definition) is 6. The largest absolute Gasteiger partial charge is 0.416 e. The fraction of sp³-hybridized carbons (Fsp3) is 0.100. The van der Waals surface area contributed by atoms with E-state index >= 15 is 0 Å². The Bertz CT molecular complexity index is 1150. The van der Waals surface area contributed by atoms with E-state index in [9.17, 15) is 13.2 Å². The van der Waals surface area contributed by atoms with E-state index < -0.39 is 11.7 Å².